The summed E-state index contributed by atoms with van der Waals surface area (Å²) >= 11 is 9.34. The Bertz CT molecular complexity index is 1020. The standard InChI is InChI=1S/C21H16BrClO5/c1-3-27-18(25)21-16(14-10-12(22)6-9-15(14)28-19(21)26)20(21,2)17(24)11-4-7-13(23)8-5-11/h4-10,16H,3H2,1-2H3/t16-,20-,21+/m1/s1. The molecule has 1 aliphatic carbocycles. The molecule has 0 radical (unpaired) electrons. The minimum absolute atomic E-state index is 0.0944. The van der Waals surface area contributed by atoms with E-state index >= 15 is 0 Å². The molecule has 4 rings (SSSR count). The minimum Gasteiger partial charge on any atom is -0.465 e. The average Bonchev–Trinajstić information content (AvgIpc) is 3.26. The largest absolute Gasteiger partial charge is 0.465 e. The van der Waals surface area contributed by atoms with E-state index in [0.29, 0.717) is 21.9 Å². The van der Waals surface area contributed by atoms with Crippen LogP contribution in [0.5, 0.6) is 5.75 Å². The SMILES string of the molecule is CCOC(=O)[C@]12C(=O)Oc3ccc(Br)cc3[C@@H]1[C@]2(C)C(=O)c1ccc(Cl)cc1. The summed E-state index contributed by atoms with van der Waals surface area (Å²) in [5.74, 6) is -2.13. The van der Waals surface area contributed by atoms with Crippen molar-refractivity contribution in [3.8, 4) is 5.75 Å². The van der Waals surface area contributed by atoms with E-state index in [0.717, 1.165) is 4.47 Å². The Morgan fingerprint density at radius 1 is 1.21 bits per heavy atom. The zero-order valence-electron chi connectivity index (χ0n) is 15.1. The Morgan fingerprint density at radius 3 is 2.54 bits per heavy atom. The lowest BCUT2D eigenvalue weighted by molar-refractivity contribution is -0.162. The van der Waals surface area contributed by atoms with Gasteiger partial charge in [-0.05, 0) is 56.3 Å². The van der Waals surface area contributed by atoms with Gasteiger partial charge in [0.05, 0.1) is 12.0 Å². The number of halogens is 2. The summed E-state index contributed by atoms with van der Waals surface area (Å²) in [7, 11) is 0. The number of benzene rings is 2. The van der Waals surface area contributed by atoms with E-state index in [4.69, 9.17) is 21.1 Å². The van der Waals surface area contributed by atoms with Gasteiger partial charge >= 0.3 is 11.9 Å². The van der Waals surface area contributed by atoms with E-state index in [1.165, 1.54) is 0 Å². The molecule has 1 fully saturated rings. The molecule has 144 valence electrons. The van der Waals surface area contributed by atoms with Crippen LogP contribution in [-0.2, 0) is 14.3 Å². The Balaban J connectivity index is 1.90. The molecule has 7 heteroatoms. The third-order valence-corrected chi connectivity index (χ3v) is 6.47. The molecule has 0 bridgehead atoms. The molecule has 2 aliphatic rings. The van der Waals surface area contributed by atoms with Crippen LogP contribution in [0, 0.1) is 10.8 Å². The first-order valence-electron chi connectivity index (χ1n) is 8.77. The van der Waals surface area contributed by atoms with Gasteiger partial charge in [-0.2, -0.15) is 0 Å². The van der Waals surface area contributed by atoms with Crippen molar-refractivity contribution in [3.63, 3.8) is 0 Å². The molecule has 1 saturated carbocycles. The van der Waals surface area contributed by atoms with Crippen LogP contribution in [-0.4, -0.2) is 24.3 Å². The molecule has 2 aromatic rings. The van der Waals surface area contributed by atoms with Gasteiger partial charge in [-0.25, -0.2) is 0 Å². The van der Waals surface area contributed by atoms with Crippen LogP contribution >= 0.6 is 27.5 Å². The predicted molar refractivity (Wildman–Crippen MR) is 105 cm³/mol. The van der Waals surface area contributed by atoms with Crippen molar-refractivity contribution in [1.82, 2.24) is 0 Å². The lowest BCUT2D eigenvalue weighted by Crippen LogP contribution is -2.40. The first-order valence-corrected chi connectivity index (χ1v) is 9.94. The van der Waals surface area contributed by atoms with E-state index in [1.807, 2.05) is 0 Å². The Morgan fingerprint density at radius 2 is 1.89 bits per heavy atom. The van der Waals surface area contributed by atoms with Crippen LogP contribution in [0.15, 0.2) is 46.9 Å². The van der Waals surface area contributed by atoms with Crippen molar-refractivity contribution >= 4 is 45.3 Å². The summed E-state index contributed by atoms with van der Waals surface area (Å²) in [5, 5.41) is 0.490. The first kappa shape index (κ1) is 19.2. The molecule has 1 aliphatic heterocycles. The molecule has 5 nitrogen and oxygen atoms in total. The van der Waals surface area contributed by atoms with Gasteiger partial charge in [0.25, 0.3) is 0 Å². The summed E-state index contributed by atoms with van der Waals surface area (Å²) in [6.45, 7) is 3.38. The number of hydrogen-bond donors (Lipinski definition) is 0. The number of rotatable bonds is 4. The number of esters is 2. The van der Waals surface area contributed by atoms with Crippen LogP contribution in [0.4, 0.5) is 0 Å². The van der Waals surface area contributed by atoms with E-state index in [9.17, 15) is 14.4 Å². The summed E-state index contributed by atoms with van der Waals surface area (Å²) in [6.07, 6.45) is 0. The summed E-state index contributed by atoms with van der Waals surface area (Å²) in [6, 6.07) is 11.6. The van der Waals surface area contributed by atoms with Crippen molar-refractivity contribution in [2.24, 2.45) is 10.8 Å². The number of ether oxygens (including phenoxy) is 2. The first-order chi connectivity index (χ1) is 13.3. The summed E-state index contributed by atoms with van der Waals surface area (Å²) < 4.78 is 11.5. The van der Waals surface area contributed by atoms with Crippen molar-refractivity contribution in [2.75, 3.05) is 6.61 Å². The molecule has 0 aromatic heterocycles. The highest BCUT2D eigenvalue weighted by Gasteiger charge is 2.89. The van der Waals surface area contributed by atoms with E-state index < -0.39 is 28.7 Å². The maximum absolute atomic E-state index is 13.5. The normalized spacial score (nSPS) is 27.3. The average molecular weight is 464 g/mol. The second-order valence-corrected chi connectivity index (χ2v) is 8.42. The smallest absolute Gasteiger partial charge is 0.330 e. The lowest BCUT2D eigenvalue weighted by atomic mass is 9.87. The van der Waals surface area contributed by atoms with Crippen molar-refractivity contribution < 1.29 is 23.9 Å². The van der Waals surface area contributed by atoms with Gasteiger partial charge < -0.3 is 9.47 Å². The van der Waals surface area contributed by atoms with Gasteiger partial charge in [-0.1, -0.05) is 27.5 Å². The summed E-state index contributed by atoms with van der Waals surface area (Å²) in [4.78, 5) is 39.5. The number of Topliss-reactive ketones (excluding diaryl/α,β-unsaturated/α-hetero) is 1. The predicted octanol–water partition coefficient (Wildman–Crippen LogP) is 4.56. The molecule has 0 unspecified atom stereocenters. The Hall–Kier alpha value is -2.18. The van der Waals surface area contributed by atoms with Gasteiger partial charge in [0.1, 0.15) is 5.75 Å². The summed E-state index contributed by atoms with van der Waals surface area (Å²) in [5.41, 5.74) is -2.02. The molecular formula is C21H16BrClO5. The maximum Gasteiger partial charge on any atom is 0.330 e. The number of fused-ring (bicyclic) bond motifs is 3. The van der Waals surface area contributed by atoms with Crippen LogP contribution < -0.4 is 4.74 Å². The van der Waals surface area contributed by atoms with Gasteiger partial charge in [-0.15, -0.1) is 0 Å². The second kappa shape index (κ2) is 6.42. The quantitative estimate of drug-likeness (QED) is 0.288. The third kappa shape index (κ3) is 2.34. The van der Waals surface area contributed by atoms with E-state index in [1.54, 1.807) is 56.3 Å². The van der Waals surface area contributed by atoms with Crippen LogP contribution in [0.1, 0.15) is 35.7 Å². The second-order valence-electron chi connectivity index (χ2n) is 7.07. The van der Waals surface area contributed by atoms with Gasteiger partial charge in [-0.3, -0.25) is 14.4 Å². The highest BCUT2D eigenvalue weighted by atomic mass is 79.9. The molecule has 0 amide bonds. The zero-order chi connectivity index (χ0) is 20.3. The topological polar surface area (TPSA) is 69.7 Å². The van der Waals surface area contributed by atoms with Crippen LogP contribution in [0.3, 0.4) is 0 Å². The molecule has 28 heavy (non-hydrogen) atoms. The number of carbonyl (C=O) groups is 3. The number of hydrogen-bond acceptors (Lipinski definition) is 5. The van der Waals surface area contributed by atoms with E-state index in [2.05, 4.69) is 15.9 Å². The molecule has 0 spiro atoms. The molecule has 1 heterocycles. The van der Waals surface area contributed by atoms with E-state index in [-0.39, 0.29) is 12.4 Å². The monoisotopic (exact) mass is 462 g/mol. The molecule has 0 N–H and O–H groups in total. The zero-order valence-corrected chi connectivity index (χ0v) is 17.5. The Labute approximate surface area is 175 Å². The fourth-order valence-electron chi connectivity index (χ4n) is 4.38. The molecular weight excluding hydrogens is 448 g/mol. The van der Waals surface area contributed by atoms with Crippen LogP contribution in [0.25, 0.3) is 0 Å². The molecule has 0 saturated heterocycles. The molecule has 2 aromatic carbocycles. The highest BCUT2D eigenvalue weighted by Crippen LogP contribution is 2.78. The minimum atomic E-state index is -1.70. The maximum atomic E-state index is 13.5. The van der Waals surface area contributed by atoms with Crippen LogP contribution in [0.2, 0.25) is 5.02 Å². The fraction of sp³-hybridized carbons (Fsp3) is 0.286. The third-order valence-electron chi connectivity index (χ3n) is 5.73. The van der Waals surface area contributed by atoms with Gasteiger partial charge in [0, 0.05) is 26.5 Å². The highest BCUT2D eigenvalue weighted by molar-refractivity contribution is 9.10. The van der Waals surface area contributed by atoms with Crippen molar-refractivity contribution in [3.05, 3.63) is 63.1 Å². The van der Waals surface area contributed by atoms with Crippen molar-refractivity contribution in [2.45, 2.75) is 19.8 Å². The van der Waals surface area contributed by atoms with Gasteiger partial charge in [0.15, 0.2) is 11.2 Å². The van der Waals surface area contributed by atoms with Gasteiger partial charge in [0.2, 0.25) is 0 Å². The Kier molecular flexibility index (Phi) is 4.39. The number of ketones is 1. The van der Waals surface area contributed by atoms with Crippen molar-refractivity contribution in [1.29, 1.82) is 0 Å². The number of carbonyl (C=O) groups excluding carboxylic acids is 3. The molecule has 3 atom stereocenters. The lowest BCUT2D eigenvalue weighted by Gasteiger charge is -2.22. The fourth-order valence-corrected chi connectivity index (χ4v) is 4.89.